The lowest BCUT2D eigenvalue weighted by Gasteiger charge is -2.38. The van der Waals surface area contributed by atoms with Crippen molar-refractivity contribution in [2.75, 3.05) is 19.8 Å². The predicted octanol–water partition coefficient (Wildman–Crippen LogP) is 1.77. The normalized spacial score (nSPS) is 26.3. The fourth-order valence-electron chi connectivity index (χ4n) is 3.61. The molecular weight excluding hydrogens is 402 g/mol. The number of benzene rings is 1. The van der Waals surface area contributed by atoms with Gasteiger partial charge in [-0.15, -0.1) is 0 Å². The quantitative estimate of drug-likeness (QED) is 0.372. The molecule has 0 bridgehead atoms. The van der Waals surface area contributed by atoms with E-state index in [9.17, 15) is 20.4 Å². The van der Waals surface area contributed by atoms with E-state index in [0.717, 1.165) is 55.2 Å². The van der Waals surface area contributed by atoms with Crippen molar-refractivity contribution in [3.63, 3.8) is 0 Å². The SMILES string of the molecule is OC1O[C@H](COCCCCCCCCOc2ccc3ncccc3c2)[C@@H](O)[C@H](O)[C@H]1O. The molecule has 1 aliphatic rings. The second-order valence-corrected chi connectivity index (χ2v) is 7.94. The smallest absolute Gasteiger partial charge is 0.184 e. The summed E-state index contributed by atoms with van der Waals surface area (Å²) < 4.78 is 16.4. The van der Waals surface area contributed by atoms with Crippen LogP contribution in [-0.4, -0.2) is 75.9 Å². The van der Waals surface area contributed by atoms with Gasteiger partial charge in [-0.1, -0.05) is 31.7 Å². The van der Waals surface area contributed by atoms with Gasteiger partial charge in [0.15, 0.2) is 6.29 Å². The van der Waals surface area contributed by atoms with Crippen LogP contribution in [0.15, 0.2) is 36.5 Å². The molecule has 2 heterocycles. The summed E-state index contributed by atoms with van der Waals surface area (Å²) in [5.74, 6) is 0.874. The van der Waals surface area contributed by atoms with E-state index in [4.69, 9.17) is 14.2 Å². The standard InChI is InChI=1S/C23H33NO7/c25-20-19(31-23(28)22(27)21(20)26)15-29-12-5-3-1-2-4-6-13-30-17-9-10-18-16(14-17)8-7-11-24-18/h7-11,14,19-23,25-28H,1-6,12-13,15H2/t19-,20-,21+,22-,23?/m1/s1. The van der Waals surface area contributed by atoms with Crippen LogP contribution in [0.5, 0.6) is 5.75 Å². The molecule has 0 spiro atoms. The zero-order valence-corrected chi connectivity index (χ0v) is 17.7. The molecule has 1 unspecified atom stereocenters. The summed E-state index contributed by atoms with van der Waals surface area (Å²) in [6.07, 6.45) is 1.45. The minimum atomic E-state index is -1.52. The molecular formula is C23H33NO7. The molecule has 1 fully saturated rings. The molecule has 0 radical (unpaired) electrons. The van der Waals surface area contributed by atoms with Crippen molar-refractivity contribution in [1.82, 2.24) is 4.98 Å². The number of hydrogen-bond acceptors (Lipinski definition) is 8. The first-order valence-electron chi connectivity index (χ1n) is 11.0. The van der Waals surface area contributed by atoms with Gasteiger partial charge in [-0.2, -0.15) is 0 Å². The average molecular weight is 436 g/mol. The van der Waals surface area contributed by atoms with Crippen molar-refractivity contribution in [3.8, 4) is 5.75 Å². The van der Waals surface area contributed by atoms with E-state index >= 15 is 0 Å². The molecule has 8 heteroatoms. The number of hydrogen-bond donors (Lipinski definition) is 4. The largest absolute Gasteiger partial charge is 0.494 e. The summed E-state index contributed by atoms with van der Waals surface area (Å²) in [6, 6.07) is 9.89. The molecule has 1 aliphatic heterocycles. The Balaban J connectivity index is 1.17. The van der Waals surface area contributed by atoms with Crippen LogP contribution in [0.1, 0.15) is 38.5 Å². The highest BCUT2D eigenvalue weighted by Crippen LogP contribution is 2.21. The Bertz CT molecular complexity index is 789. The van der Waals surface area contributed by atoms with Gasteiger partial charge in [0.2, 0.25) is 0 Å². The summed E-state index contributed by atoms with van der Waals surface area (Å²) in [5.41, 5.74) is 0.968. The summed E-state index contributed by atoms with van der Waals surface area (Å²) in [7, 11) is 0. The maximum Gasteiger partial charge on any atom is 0.184 e. The monoisotopic (exact) mass is 435 g/mol. The number of nitrogens with zero attached hydrogens (tertiary/aromatic N) is 1. The first-order chi connectivity index (χ1) is 15.1. The lowest BCUT2D eigenvalue weighted by Crippen LogP contribution is -2.58. The average Bonchev–Trinajstić information content (AvgIpc) is 2.79. The molecule has 1 aromatic heterocycles. The Morgan fingerprint density at radius 3 is 2.39 bits per heavy atom. The molecule has 4 N–H and O–H groups in total. The molecule has 2 aromatic rings. The van der Waals surface area contributed by atoms with E-state index < -0.39 is 30.7 Å². The van der Waals surface area contributed by atoms with Gasteiger partial charge in [-0.25, -0.2) is 0 Å². The Hall–Kier alpha value is -1.81. The molecule has 1 saturated heterocycles. The molecule has 0 aliphatic carbocycles. The zero-order valence-electron chi connectivity index (χ0n) is 17.7. The van der Waals surface area contributed by atoms with Crippen molar-refractivity contribution in [3.05, 3.63) is 36.5 Å². The van der Waals surface area contributed by atoms with Crippen LogP contribution in [-0.2, 0) is 9.47 Å². The molecule has 3 rings (SSSR count). The highest BCUT2D eigenvalue weighted by Gasteiger charge is 2.42. The first kappa shape index (κ1) is 23.8. The van der Waals surface area contributed by atoms with Gasteiger partial charge in [-0.05, 0) is 37.1 Å². The molecule has 31 heavy (non-hydrogen) atoms. The van der Waals surface area contributed by atoms with Crippen LogP contribution in [0.3, 0.4) is 0 Å². The van der Waals surface area contributed by atoms with E-state index in [-0.39, 0.29) is 6.61 Å². The summed E-state index contributed by atoms with van der Waals surface area (Å²) in [6.45, 7) is 1.27. The fraction of sp³-hybridized carbons (Fsp3) is 0.609. The number of rotatable bonds is 12. The number of unbranched alkanes of at least 4 members (excludes halogenated alkanes) is 5. The van der Waals surface area contributed by atoms with Gasteiger partial charge in [0, 0.05) is 18.2 Å². The maximum absolute atomic E-state index is 9.85. The van der Waals surface area contributed by atoms with E-state index in [1.807, 2.05) is 30.3 Å². The number of ether oxygens (including phenoxy) is 3. The summed E-state index contributed by atoms with van der Waals surface area (Å²) in [5, 5.41) is 39.5. The lowest BCUT2D eigenvalue weighted by atomic mass is 9.99. The van der Waals surface area contributed by atoms with Crippen molar-refractivity contribution in [1.29, 1.82) is 0 Å². The number of aromatic nitrogens is 1. The Kier molecular flexibility index (Phi) is 9.45. The number of aliphatic hydroxyl groups is 4. The van der Waals surface area contributed by atoms with Gasteiger partial charge < -0.3 is 34.6 Å². The highest BCUT2D eigenvalue weighted by molar-refractivity contribution is 5.79. The molecule has 5 atom stereocenters. The fourth-order valence-corrected chi connectivity index (χ4v) is 3.61. The topological polar surface area (TPSA) is 122 Å². The van der Waals surface area contributed by atoms with Gasteiger partial charge >= 0.3 is 0 Å². The first-order valence-corrected chi connectivity index (χ1v) is 11.0. The van der Waals surface area contributed by atoms with Crippen LogP contribution in [0, 0.1) is 0 Å². The van der Waals surface area contributed by atoms with Crippen molar-refractivity contribution >= 4 is 10.9 Å². The highest BCUT2D eigenvalue weighted by atomic mass is 16.6. The summed E-state index contributed by atoms with van der Waals surface area (Å²) >= 11 is 0. The second-order valence-electron chi connectivity index (χ2n) is 7.94. The number of aliphatic hydroxyl groups excluding tert-OH is 4. The van der Waals surface area contributed by atoms with Crippen LogP contribution in [0.25, 0.3) is 10.9 Å². The molecule has 0 amide bonds. The zero-order chi connectivity index (χ0) is 22.1. The third-order valence-corrected chi connectivity index (χ3v) is 5.50. The molecule has 1 aromatic carbocycles. The lowest BCUT2D eigenvalue weighted by molar-refractivity contribution is -0.288. The van der Waals surface area contributed by atoms with Gasteiger partial charge in [-0.3, -0.25) is 4.98 Å². The third kappa shape index (κ3) is 7.10. The minimum Gasteiger partial charge on any atom is -0.494 e. The van der Waals surface area contributed by atoms with Crippen LogP contribution in [0.4, 0.5) is 0 Å². The number of pyridine rings is 1. The van der Waals surface area contributed by atoms with E-state index in [1.165, 1.54) is 0 Å². The molecule has 8 nitrogen and oxygen atoms in total. The molecule has 0 saturated carbocycles. The van der Waals surface area contributed by atoms with Crippen LogP contribution >= 0.6 is 0 Å². The van der Waals surface area contributed by atoms with E-state index in [0.29, 0.717) is 13.2 Å². The van der Waals surface area contributed by atoms with Gasteiger partial charge in [0.25, 0.3) is 0 Å². The van der Waals surface area contributed by atoms with Crippen molar-refractivity contribution in [2.45, 2.75) is 69.2 Å². The minimum absolute atomic E-state index is 0.0597. The van der Waals surface area contributed by atoms with E-state index in [1.54, 1.807) is 6.20 Å². The van der Waals surface area contributed by atoms with Crippen molar-refractivity contribution in [2.24, 2.45) is 0 Å². The Labute approximate surface area is 182 Å². The van der Waals surface area contributed by atoms with Crippen LogP contribution < -0.4 is 4.74 Å². The van der Waals surface area contributed by atoms with Gasteiger partial charge in [0.05, 0.1) is 18.7 Å². The molecule has 172 valence electrons. The maximum atomic E-state index is 9.85. The Morgan fingerprint density at radius 2 is 1.58 bits per heavy atom. The number of fused-ring (bicyclic) bond motifs is 1. The van der Waals surface area contributed by atoms with Crippen molar-refractivity contribution < 1.29 is 34.6 Å². The van der Waals surface area contributed by atoms with Crippen LogP contribution in [0.2, 0.25) is 0 Å². The second kappa shape index (κ2) is 12.3. The third-order valence-electron chi connectivity index (χ3n) is 5.50. The van der Waals surface area contributed by atoms with Gasteiger partial charge in [0.1, 0.15) is 30.2 Å². The summed E-state index contributed by atoms with van der Waals surface area (Å²) in [4.78, 5) is 4.30. The van der Waals surface area contributed by atoms with E-state index in [2.05, 4.69) is 4.98 Å². The Morgan fingerprint density at radius 1 is 0.839 bits per heavy atom. The predicted molar refractivity (Wildman–Crippen MR) is 115 cm³/mol.